The van der Waals surface area contributed by atoms with Crippen molar-refractivity contribution < 1.29 is 4.79 Å². The van der Waals surface area contributed by atoms with Gasteiger partial charge in [-0.25, -0.2) is 0 Å². The van der Waals surface area contributed by atoms with Crippen LogP contribution in [0.5, 0.6) is 0 Å². The zero-order valence-electron chi connectivity index (χ0n) is 7.46. The lowest BCUT2D eigenvalue weighted by atomic mass is 10.1. The molecule has 0 radical (unpaired) electrons. The van der Waals surface area contributed by atoms with E-state index in [0.717, 1.165) is 5.56 Å². The van der Waals surface area contributed by atoms with Crippen molar-refractivity contribution in [1.29, 1.82) is 0 Å². The summed E-state index contributed by atoms with van der Waals surface area (Å²) < 4.78 is 0. The highest BCUT2D eigenvalue weighted by Crippen LogP contribution is 2.04. The first-order chi connectivity index (χ1) is 6.22. The van der Waals surface area contributed by atoms with E-state index in [2.05, 4.69) is 15.9 Å². The summed E-state index contributed by atoms with van der Waals surface area (Å²) in [7, 11) is 0. The van der Waals surface area contributed by atoms with E-state index in [0.29, 0.717) is 5.33 Å². The molecule has 1 aromatic rings. The Morgan fingerprint density at radius 2 is 2.00 bits per heavy atom. The summed E-state index contributed by atoms with van der Waals surface area (Å²) >= 11 is 3.10. The minimum absolute atomic E-state index is 0.0839. The third-order valence-corrected chi connectivity index (χ3v) is 2.22. The van der Waals surface area contributed by atoms with Gasteiger partial charge in [0.25, 0.3) is 0 Å². The van der Waals surface area contributed by atoms with E-state index in [1.54, 1.807) is 6.08 Å². The lowest BCUT2D eigenvalue weighted by molar-refractivity contribution is -0.112. The van der Waals surface area contributed by atoms with Crippen LogP contribution in [-0.2, 0) is 4.79 Å². The highest BCUT2D eigenvalue weighted by molar-refractivity contribution is 9.09. The molecule has 0 N–H and O–H groups in total. The number of hydrogen-bond donors (Lipinski definition) is 0. The third kappa shape index (κ3) is 3.55. The lowest BCUT2D eigenvalue weighted by Gasteiger charge is -1.93. The molecular weight excluding hydrogens is 228 g/mol. The molecule has 2 heteroatoms. The van der Waals surface area contributed by atoms with Crippen LogP contribution in [0.3, 0.4) is 0 Å². The molecular formula is C11H11BrO. The van der Waals surface area contributed by atoms with Crippen LogP contribution >= 0.6 is 15.9 Å². The fraction of sp³-hybridized carbons (Fsp3) is 0.182. The molecule has 0 amide bonds. The number of alkyl halides is 1. The van der Waals surface area contributed by atoms with Gasteiger partial charge in [0, 0.05) is 0 Å². The summed E-state index contributed by atoms with van der Waals surface area (Å²) in [5.41, 5.74) is 2.28. The van der Waals surface area contributed by atoms with Crippen molar-refractivity contribution in [2.75, 3.05) is 5.33 Å². The van der Waals surface area contributed by atoms with Gasteiger partial charge in [0.2, 0.25) is 0 Å². The van der Waals surface area contributed by atoms with Crippen LogP contribution in [0, 0.1) is 6.92 Å². The maximum Gasteiger partial charge on any atom is 0.166 e. The number of carbonyl (C=O) groups is 1. The van der Waals surface area contributed by atoms with Crippen molar-refractivity contribution in [3.63, 3.8) is 0 Å². The number of benzene rings is 1. The molecule has 0 aromatic heterocycles. The normalized spacial score (nSPS) is 10.6. The monoisotopic (exact) mass is 238 g/mol. The number of aryl methyl sites for hydroxylation is 1. The quantitative estimate of drug-likeness (QED) is 0.585. The zero-order chi connectivity index (χ0) is 9.68. The largest absolute Gasteiger partial charge is 0.294 e. The van der Waals surface area contributed by atoms with Crippen LogP contribution in [0.4, 0.5) is 0 Å². The summed E-state index contributed by atoms with van der Waals surface area (Å²) in [5.74, 6) is 0.0839. The van der Waals surface area contributed by atoms with E-state index in [-0.39, 0.29) is 5.78 Å². The average Bonchev–Trinajstić information content (AvgIpc) is 2.16. The van der Waals surface area contributed by atoms with Crippen molar-refractivity contribution in [1.82, 2.24) is 0 Å². The highest BCUT2D eigenvalue weighted by Gasteiger charge is 1.91. The van der Waals surface area contributed by atoms with Crippen LogP contribution < -0.4 is 0 Å². The fourth-order valence-corrected chi connectivity index (χ4v) is 1.10. The number of hydrogen-bond acceptors (Lipinski definition) is 1. The van der Waals surface area contributed by atoms with Gasteiger partial charge in [-0.05, 0) is 18.6 Å². The first-order valence-electron chi connectivity index (χ1n) is 4.06. The molecule has 0 aliphatic heterocycles. The summed E-state index contributed by atoms with van der Waals surface area (Å²) in [5, 5.41) is 0.384. The molecule has 0 fully saturated rings. The molecule has 0 bridgehead atoms. The van der Waals surface area contributed by atoms with Gasteiger partial charge >= 0.3 is 0 Å². The van der Waals surface area contributed by atoms with Gasteiger partial charge in [0.05, 0.1) is 5.33 Å². The smallest absolute Gasteiger partial charge is 0.166 e. The molecule has 1 aromatic carbocycles. The first kappa shape index (κ1) is 10.2. The molecule has 0 unspecified atom stereocenters. The van der Waals surface area contributed by atoms with E-state index >= 15 is 0 Å². The van der Waals surface area contributed by atoms with E-state index < -0.39 is 0 Å². The van der Waals surface area contributed by atoms with Gasteiger partial charge in [-0.3, -0.25) is 4.79 Å². The Morgan fingerprint density at radius 1 is 1.38 bits per heavy atom. The molecule has 0 spiro atoms. The predicted molar refractivity (Wildman–Crippen MR) is 59.0 cm³/mol. The summed E-state index contributed by atoms with van der Waals surface area (Å²) in [6, 6.07) is 8.04. The van der Waals surface area contributed by atoms with Gasteiger partial charge in [-0.1, -0.05) is 51.8 Å². The highest BCUT2D eigenvalue weighted by atomic mass is 79.9. The molecule has 1 rings (SSSR count). The second-order valence-electron chi connectivity index (χ2n) is 2.84. The van der Waals surface area contributed by atoms with Crippen molar-refractivity contribution >= 4 is 27.8 Å². The molecule has 68 valence electrons. The summed E-state index contributed by atoms with van der Waals surface area (Å²) in [4.78, 5) is 10.9. The van der Waals surface area contributed by atoms with Crippen LogP contribution in [0.2, 0.25) is 0 Å². The van der Waals surface area contributed by atoms with Crippen molar-refractivity contribution in [3.8, 4) is 0 Å². The molecule has 0 aliphatic carbocycles. The summed E-state index contributed by atoms with van der Waals surface area (Å²) in [6.07, 6.45) is 3.41. The number of allylic oxidation sites excluding steroid dienone is 1. The number of ketones is 1. The van der Waals surface area contributed by atoms with E-state index in [1.807, 2.05) is 37.3 Å². The van der Waals surface area contributed by atoms with Crippen molar-refractivity contribution in [2.45, 2.75) is 6.92 Å². The van der Waals surface area contributed by atoms with Crippen LogP contribution in [0.15, 0.2) is 30.3 Å². The topological polar surface area (TPSA) is 17.1 Å². The van der Waals surface area contributed by atoms with E-state index in [9.17, 15) is 4.79 Å². The average molecular weight is 239 g/mol. The fourth-order valence-electron chi connectivity index (χ4n) is 0.911. The Labute approximate surface area is 86.6 Å². The van der Waals surface area contributed by atoms with Crippen LogP contribution in [0.1, 0.15) is 11.1 Å². The number of halogens is 1. The van der Waals surface area contributed by atoms with Crippen LogP contribution in [0.25, 0.3) is 6.08 Å². The Hall–Kier alpha value is -0.890. The molecule has 0 heterocycles. The maximum absolute atomic E-state index is 10.9. The molecule has 0 saturated heterocycles. The molecule has 1 nitrogen and oxygen atoms in total. The van der Waals surface area contributed by atoms with Crippen molar-refractivity contribution in [3.05, 3.63) is 41.5 Å². The third-order valence-electron chi connectivity index (χ3n) is 1.67. The minimum atomic E-state index is 0.0839. The molecule has 0 atom stereocenters. The SMILES string of the molecule is Cc1ccc(/C=C/C(=O)CBr)cc1. The molecule has 0 saturated carbocycles. The standard InChI is InChI=1S/C11H11BrO/c1-9-2-4-10(5-3-9)6-7-11(13)8-12/h2-7H,8H2,1H3/b7-6+. The maximum atomic E-state index is 10.9. The van der Waals surface area contributed by atoms with Crippen molar-refractivity contribution in [2.24, 2.45) is 0 Å². The zero-order valence-corrected chi connectivity index (χ0v) is 9.04. The first-order valence-corrected chi connectivity index (χ1v) is 5.18. The predicted octanol–water partition coefficient (Wildman–Crippen LogP) is 2.97. The van der Waals surface area contributed by atoms with Gasteiger partial charge in [-0.2, -0.15) is 0 Å². The summed E-state index contributed by atoms with van der Waals surface area (Å²) in [6.45, 7) is 2.04. The van der Waals surface area contributed by atoms with Gasteiger partial charge in [0.1, 0.15) is 0 Å². The van der Waals surface area contributed by atoms with Gasteiger partial charge < -0.3 is 0 Å². The Balaban J connectivity index is 2.69. The van der Waals surface area contributed by atoms with Gasteiger partial charge in [0.15, 0.2) is 5.78 Å². The number of carbonyl (C=O) groups excluding carboxylic acids is 1. The lowest BCUT2D eigenvalue weighted by Crippen LogP contribution is -1.91. The Kier molecular flexibility index (Phi) is 3.90. The second kappa shape index (κ2) is 4.97. The van der Waals surface area contributed by atoms with E-state index in [1.165, 1.54) is 5.56 Å². The minimum Gasteiger partial charge on any atom is -0.294 e. The molecule has 0 aliphatic rings. The molecule has 13 heavy (non-hydrogen) atoms. The van der Waals surface area contributed by atoms with E-state index in [4.69, 9.17) is 0 Å². The van der Waals surface area contributed by atoms with Gasteiger partial charge in [-0.15, -0.1) is 0 Å². The van der Waals surface area contributed by atoms with Crippen LogP contribution in [-0.4, -0.2) is 11.1 Å². The number of rotatable bonds is 3. The Bertz CT molecular complexity index is 311. The second-order valence-corrected chi connectivity index (χ2v) is 3.40. The Morgan fingerprint density at radius 3 is 2.54 bits per heavy atom.